The number of aromatic amines is 1. The SMILES string of the molecule is Cc1c(C(=O)NCCS(=O)c2ccccc2)c(=O)[nH]c2ccccc12. The second-order valence-corrected chi connectivity index (χ2v) is 7.19. The van der Waals surface area contributed by atoms with Gasteiger partial charge in [-0.25, -0.2) is 0 Å². The third-order valence-electron chi connectivity index (χ3n) is 3.99. The van der Waals surface area contributed by atoms with Gasteiger partial charge in [0.15, 0.2) is 0 Å². The lowest BCUT2D eigenvalue weighted by Crippen LogP contribution is -2.33. The van der Waals surface area contributed by atoms with Crippen LogP contribution < -0.4 is 10.9 Å². The molecular weight excluding hydrogens is 336 g/mol. The zero-order valence-electron chi connectivity index (χ0n) is 13.7. The Hall–Kier alpha value is -2.73. The van der Waals surface area contributed by atoms with Crippen molar-refractivity contribution in [1.82, 2.24) is 10.3 Å². The predicted molar refractivity (Wildman–Crippen MR) is 99.4 cm³/mol. The van der Waals surface area contributed by atoms with Crippen LogP contribution in [0, 0.1) is 6.92 Å². The number of carbonyl (C=O) groups excluding carboxylic acids is 1. The topological polar surface area (TPSA) is 79.0 Å². The summed E-state index contributed by atoms with van der Waals surface area (Å²) in [7, 11) is -1.19. The van der Waals surface area contributed by atoms with Crippen molar-refractivity contribution >= 4 is 27.6 Å². The molecule has 2 N–H and O–H groups in total. The molecule has 3 rings (SSSR count). The Labute approximate surface area is 147 Å². The van der Waals surface area contributed by atoms with Gasteiger partial charge in [0, 0.05) is 28.1 Å². The Bertz CT molecular complexity index is 996. The molecule has 0 spiro atoms. The van der Waals surface area contributed by atoms with Crippen LogP contribution in [0.4, 0.5) is 0 Å². The van der Waals surface area contributed by atoms with Gasteiger partial charge < -0.3 is 10.3 Å². The summed E-state index contributed by atoms with van der Waals surface area (Å²) in [6.45, 7) is 1.99. The van der Waals surface area contributed by atoms with Gasteiger partial charge in [0.2, 0.25) is 0 Å². The molecule has 1 atom stereocenters. The van der Waals surface area contributed by atoms with Crippen LogP contribution >= 0.6 is 0 Å². The van der Waals surface area contributed by atoms with E-state index in [9.17, 15) is 13.8 Å². The molecule has 1 amide bonds. The summed E-state index contributed by atoms with van der Waals surface area (Å²) >= 11 is 0. The first-order valence-electron chi connectivity index (χ1n) is 7.91. The van der Waals surface area contributed by atoms with Crippen LogP contribution in [0.25, 0.3) is 10.9 Å². The van der Waals surface area contributed by atoms with E-state index in [0.29, 0.717) is 16.8 Å². The molecule has 0 fully saturated rings. The molecule has 1 aromatic heterocycles. The highest BCUT2D eigenvalue weighted by atomic mass is 32.2. The fourth-order valence-corrected chi connectivity index (χ4v) is 3.70. The summed E-state index contributed by atoms with van der Waals surface area (Å²) < 4.78 is 12.2. The quantitative estimate of drug-likeness (QED) is 0.738. The Morgan fingerprint density at radius 2 is 1.76 bits per heavy atom. The largest absolute Gasteiger partial charge is 0.351 e. The normalized spacial score (nSPS) is 12.0. The molecule has 1 unspecified atom stereocenters. The van der Waals surface area contributed by atoms with Crippen LogP contribution in [-0.4, -0.2) is 27.4 Å². The molecule has 2 aromatic carbocycles. The number of hydrogen-bond donors (Lipinski definition) is 2. The molecule has 0 aliphatic heterocycles. The molecule has 25 heavy (non-hydrogen) atoms. The summed E-state index contributed by atoms with van der Waals surface area (Å²) in [6.07, 6.45) is 0. The van der Waals surface area contributed by atoms with E-state index < -0.39 is 22.3 Å². The number of fused-ring (bicyclic) bond motifs is 1. The van der Waals surface area contributed by atoms with Gasteiger partial charge in [0.25, 0.3) is 11.5 Å². The van der Waals surface area contributed by atoms with E-state index in [1.807, 2.05) is 36.4 Å². The van der Waals surface area contributed by atoms with E-state index in [0.717, 1.165) is 10.3 Å². The van der Waals surface area contributed by atoms with Crippen molar-refractivity contribution in [3.05, 3.63) is 76.1 Å². The van der Waals surface area contributed by atoms with Crippen molar-refractivity contribution in [3.63, 3.8) is 0 Å². The van der Waals surface area contributed by atoms with E-state index in [1.54, 1.807) is 25.1 Å². The van der Waals surface area contributed by atoms with Gasteiger partial charge in [-0.05, 0) is 30.7 Å². The monoisotopic (exact) mass is 354 g/mol. The molecular formula is C19H18N2O3S. The highest BCUT2D eigenvalue weighted by Crippen LogP contribution is 2.16. The fourth-order valence-electron chi connectivity index (χ4n) is 2.72. The van der Waals surface area contributed by atoms with E-state index in [1.165, 1.54) is 0 Å². The van der Waals surface area contributed by atoms with Crippen molar-refractivity contribution in [2.45, 2.75) is 11.8 Å². The Morgan fingerprint density at radius 1 is 1.08 bits per heavy atom. The summed E-state index contributed by atoms with van der Waals surface area (Å²) in [6, 6.07) is 16.4. The van der Waals surface area contributed by atoms with Crippen LogP contribution in [0.15, 0.2) is 64.3 Å². The average molecular weight is 354 g/mol. The maximum atomic E-state index is 12.4. The number of amides is 1. The van der Waals surface area contributed by atoms with E-state index in [2.05, 4.69) is 10.3 Å². The van der Waals surface area contributed by atoms with Gasteiger partial charge >= 0.3 is 0 Å². The fraction of sp³-hybridized carbons (Fsp3) is 0.158. The predicted octanol–water partition coefficient (Wildman–Crippen LogP) is 2.37. The summed E-state index contributed by atoms with van der Waals surface area (Å²) in [5, 5.41) is 3.53. The average Bonchev–Trinajstić information content (AvgIpc) is 2.62. The van der Waals surface area contributed by atoms with Crippen molar-refractivity contribution in [2.24, 2.45) is 0 Å². The van der Waals surface area contributed by atoms with Crippen LogP contribution in [0.1, 0.15) is 15.9 Å². The summed E-state index contributed by atoms with van der Waals surface area (Å²) in [5.74, 6) is -0.158. The molecule has 5 nitrogen and oxygen atoms in total. The number of nitrogens with one attached hydrogen (secondary N) is 2. The van der Waals surface area contributed by atoms with Crippen molar-refractivity contribution in [2.75, 3.05) is 12.3 Å². The second-order valence-electron chi connectivity index (χ2n) is 5.62. The maximum Gasteiger partial charge on any atom is 0.261 e. The minimum Gasteiger partial charge on any atom is -0.351 e. The Morgan fingerprint density at radius 3 is 2.52 bits per heavy atom. The minimum absolute atomic E-state index is 0.101. The standard InChI is InChI=1S/C19H18N2O3S/c1-13-15-9-5-6-10-16(15)21-19(23)17(13)18(22)20-11-12-25(24)14-7-3-2-4-8-14/h2-10H,11-12H2,1H3,(H,20,22)(H,21,23). The Balaban J connectivity index is 1.73. The zero-order chi connectivity index (χ0) is 17.8. The third kappa shape index (κ3) is 3.69. The molecule has 6 heteroatoms. The molecule has 3 aromatic rings. The molecule has 0 radical (unpaired) electrons. The van der Waals surface area contributed by atoms with Gasteiger partial charge in [0.05, 0.1) is 10.8 Å². The zero-order valence-corrected chi connectivity index (χ0v) is 14.6. The van der Waals surface area contributed by atoms with Gasteiger partial charge in [-0.3, -0.25) is 13.8 Å². The second kappa shape index (κ2) is 7.44. The van der Waals surface area contributed by atoms with Crippen LogP contribution in [0.3, 0.4) is 0 Å². The van der Waals surface area contributed by atoms with Gasteiger partial charge in [-0.2, -0.15) is 0 Å². The molecule has 0 aliphatic rings. The highest BCUT2D eigenvalue weighted by molar-refractivity contribution is 7.85. The number of aromatic nitrogens is 1. The number of benzene rings is 2. The number of rotatable bonds is 5. The van der Waals surface area contributed by atoms with Crippen LogP contribution in [0.2, 0.25) is 0 Å². The maximum absolute atomic E-state index is 12.4. The number of para-hydroxylation sites is 1. The van der Waals surface area contributed by atoms with Crippen molar-refractivity contribution < 1.29 is 9.00 Å². The van der Waals surface area contributed by atoms with Crippen molar-refractivity contribution in [3.8, 4) is 0 Å². The van der Waals surface area contributed by atoms with Gasteiger partial charge in [-0.15, -0.1) is 0 Å². The molecule has 0 saturated heterocycles. The Kier molecular flexibility index (Phi) is 5.09. The molecule has 1 heterocycles. The van der Waals surface area contributed by atoms with E-state index >= 15 is 0 Å². The highest BCUT2D eigenvalue weighted by Gasteiger charge is 2.16. The third-order valence-corrected chi connectivity index (χ3v) is 5.36. The lowest BCUT2D eigenvalue weighted by molar-refractivity contribution is 0.0954. The van der Waals surface area contributed by atoms with Crippen LogP contribution in [-0.2, 0) is 10.8 Å². The molecule has 0 saturated carbocycles. The molecule has 0 bridgehead atoms. The number of carbonyl (C=O) groups is 1. The smallest absolute Gasteiger partial charge is 0.261 e. The summed E-state index contributed by atoms with van der Waals surface area (Å²) in [5.41, 5.74) is 1.02. The number of aryl methyl sites for hydroxylation is 1. The molecule has 0 aliphatic carbocycles. The number of H-pyrrole nitrogens is 1. The van der Waals surface area contributed by atoms with E-state index in [-0.39, 0.29) is 12.1 Å². The number of pyridine rings is 1. The minimum atomic E-state index is -1.19. The van der Waals surface area contributed by atoms with Crippen LogP contribution in [0.5, 0.6) is 0 Å². The van der Waals surface area contributed by atoms with Gasteiger partial charge in [-0.1, -0.05) is 36.4 Å². The first kappa shape index (κ1) is 17.1. The van der Waals surface area contributed by atoms with Gasteiger partial charge in [0.1, 0.15) is 5.56 Å². The lowest BCUT2D eigenvalue weighted by atomic mass is 10.0. The first-order chi connectivity index (χ1) is 12.1. The van der Waals surface area contributed by atoms with Crippen molar-refractivity contribution in [1.29, 1.82) is 0 Å². The lowest BCUT2D eigenvalue weighted by Gasteiger charge is -2.09. The first-order valence-corrected chi connectivity index (χ1v) is 9.23. The molecule has 128 valence electrons. The summed E-state index contributed by atoms with van der Waals surface area (Å²) in [4.78, 5) is 28.1. The number of hydrogen-bond acceptors (Lipinski definition) is 3. The van der Waals surface area contributed by atoms with E-state index in [4.69, 9.17) is 0 Å².